The Hall–Kier alpha value is -4.03. The number of fused-ring (bicyclic) bond motifs is 1. The van der Waals surface area contributed by atoms with Gasteiger partial charge in [0.1, 0.15) is 11.3 Å². The summed E-state index contributed by atoms with van der Waals surface area (Å²) >= 11 is 0. The molecule has 0 saturated carbocycles. The van der Waals surface area contributed by atoms with Crippen molar-refractivity contribution in [3.63, 3.8) is 0 Å². The Kier molecular flexibility index (Phi) is 5.36. The molecular weight excluding hydrogens is 411 g/mol. The molecule has 30 heavy (non-hydrogen) atoms. The fourth-order valence-corrected chi connectivity index (χ4v) is 2.59. The van der Waals surface area contributed by atoms with Crippen molar-refractivity contribution in [2.24, 2.45) is 0 Å². The summed E-state index contributed by atoms with van der Waals surface area (Å²) in [5.74, 6) is -1.88. The van der Waals surface area contributed by atoms with E-state index >= 15 is 0 Å². The first-order valence-corrected chi connectivity index (χ1v) is 8.20. The summed E-state index contributed by atoms with van der Waals surface area (Å²) in [5.41, 5.74) is -2.12. The standard InChI is InChI=1S/C17H12F3N5O5/c1-9-14(15-21-5-2-6-24(15)23-9)16(27)30-8-13(26)22-11-4-3-10(17(18,19)20)7-12(11)25(28)29/h2-7H,8H2,1H3,(H,22,26). The quantitative estimate of drug-likeness (QED) is 0.380. The molecule has 2 aromatic heterocycles. The average molecular weight is 423 g/mol. The van der Waals surface area contributed by atoms with Crippen LogP contribution in [-0.4, -0.2) is 38.0 Å². The van der Waals surface area contributed by atoms with Crippen LogP contribution in [0.25, 0.3) is 5.65 Å². The first kappa shape index (κ1) is 20.7. The van der Waals surface area contributed by atoms with E-state index in [0.717, 1.165) is 6.07 Å². The number of aromatic nitrogens is 3. The second-order valence-electron chi connectivity index (χ2n) is 5.96. The molecule has 0 spiro atoms. The summed E-state index contributed by atoms with van der Waals surface area (Å²) in [6, 6.07) is 3.23. The van der Waals surface area contributed by atoms with Crippen molar-refractivity contribution < 1.29 is 32.4 Å². The Morgan fingerprint density at radius 2 is 2.07 bits per heavy atom. The summed E-state index contributed by atoms with van der Waals surface area (Å²) < 4.78 is 44.4. The molecule has 156 valence electrons. The highest BCUT2D eigenvalue weighted by Gasteiger charge is 2.33. The van der Waals surface area contributed by atoms with Gasteiger partial charge in [0.25, 0.3) is 11.6 Å². The van der Waals surface area contributed by atoms with Crippen LogP contribution in [0.1, 0.15) is 21.6 Å². The number of hydrogen-bond acceptors (Lipinski definition) is 7. The van der Waals surface area contributed by atoms with E-state index < -0.39 is 46.5 Å². The number of hydrogen-bond donors (Lipinski definition) is 1. The molecule has 0 aliphatic carbocycles. The number of alkyl halides is 3. The van der Waals surface area contributed by atoms with E-state index in [1.54, 1.807) is 12.3 Å². The zero-order valence-corrected chi connectivity index (χ0v) is 15.1. The van der Waals surface area contributed by atoms with E-state index in [1.165, 1.54) is 17.6 Å². The number of halogens is 3. The fraction of sp³-hybridized carbons (Fsp3) is 0.176. The minimum absolute atomic E-state index is 0.0314. The maximum Gasteiger partial charge on any atom is 0.416 e. The number of benzene rings is 1. The Balaban J connectivity index is 1.72. The van der Waals surface area contributed by atoms with Crippen LogP contribution in [0.2, 0.25) is 0 Å². The molecule has 1 amide bonds. The molecule has 2 heterocycles. The summed E-state index contributed by atoms with van der Waals surface area (Å²) in [7, 11) is 0. The van der Waals surface area contributed by atoms with Gasteiger partial charge >= 0.3 is 12.1 Å². The summed E-state index contributed by atoms with van der Waals surface area (Å²) in [5, 5.41) is 17.2. The van der Waals surface area contributed by atoms with Gasteiger partial charge in [0.15, 0.2) is 12.3 Å². The number of carbonyl (C=O) groups is 2. The van der Waals surface area contributed by atoms with Crippen molar-refractivity contribution in [2.45, 2.75) is 13.1 Å². The Bertz CT molecular complexity index is 1160. The van der Waals surface area contributed by atoms with Gasteiger partial charge in [-0.2, -0.15) is 18.3 Å². The van der Waals surface area contributed by atoms with Crippen molar-refractivity contribution >= 4 is 28.9 Å². The van der Waals surface area contributed by atoms with Gasteiger partial charge in [-0.3, -0.25) is 14.9 Å². The molecular formula is C17H12F3N5O5. The number of aryl methyl sites for hydroxylation is 1. The van der Waals surface area contributed by atoms with Crippen LogP contribution in [0.5, 0.6) is 0 Å². The molecule has 1 N–H and O–H groups in total. The van der Waals surface area contributed by atoms with Gasteiger partial charge in [-0.25, -0.2) is 14.3 Å². The molecule has 3 aromatic rings. The van der Waals surface area contributed by atoms with Crippen LogP contribution in [0.4, 0.5) is 24.5 Å². The maximum absolute atomic E-state index is 12.7. The summed E-state index contributed by atoms with van der Waals surface area (Å²) in [6.07, 6.45) is -1.80. The molecule has 10 nitrogen and oxygen atoms in total. The van der Waals surface area contributed by atoms with Gasteiger partial charge in [-0.1, -0.05) is 0 Å². The largest absolute Gasteiger partial charge is 0.452 e. The summed E-state index contributed by atoms with van der Waals surface area (Å²) in [6.45, 7) is 0.706. The first-order chi connectivity index (χ1) is 14.1. The molecule has 0 bridgehead atoms. The van der Waals surface area contributed by atoms with E-state index in [9.17, 15) is 32.9 Å². The van der Waals surface area contributed by atoms with Gasteiger partial charge < -0.3 is 10.1 Å². The Labute approximate surface area is 165 Å². The van der Waals surface area contributed by atoms with E-state index in [4.69, 9.17) is 4.74 Å². The van der Waals surface area contributed by atoms with Gasteiger partial charge in [-0.15, -0.1) is 0 Å². The number of carbonyl (C=O) groups excluding carboxylic acids is 2. The molecule has 13 heteroatoms. The second-order valence-corrected chi connectivity index (χ2v) is 5.96. The van der Waals surface area contributed by atoms with Crippen molar-refractivity contribution in [3.8, 4) is 0 Å². The third kappa shape index (κ3) is 4.19. The lowest BCUT2D eigenvalue weighted by molar-refractivity contribution is -0.384. The average Bonchev–Trinajstić information content (AvgIpc) is 3.01. The lowest BCUT2D eigenvalue weighted by Gasteiger charge is -2.10. The van der Waals surface area contributed by atoms with E-state index in [1.807, 2.05) is 0 Å². The van der Waals surface area contributed by atoms with E-state index in [2.05, 4.69) is 15.4 Å². The number of ether oxygens (including phenoxy) is 1. The predicted octanol–water partition coefficient (Wildman–Crippen LogP) is 2.76. The van der Waals surface area contributed by atoms with Crippen LogP contribution in [0.15, 0.2) is 36.7 Å². The maximum atomic E-state index is 12.7. The molecule has 0 fully saturated rings. The Morgan fingerprint density at radius 3 is 2.73 bits per heavy atom. The van der Waals surface area contributed by atoms with Gasteiger partial charge in [0, 0.05) is 18.5 Å². The highest BCUT2D eigenvalue weighted by Crippen LogP contribution is 2.34. The third-order valence-electron chi connectivity index (χ3n) is 3.90. The molecule has 0 atom stereocenters. The molecule has 3 rings (SSSR count). The van der Waals surface area contributed by atoms with Crippen LogP contribution in [0, 0.1) is 17.0 Å². The van der Waals surface area contributed by atoms with Crippen LogP contribution < -0.4 is 5.32 Å². The van der Waals surface area contributed by atoms with E-state index in [-0.39, 0.29) is 11.2 Å². The zero-order chi connectivity index (χ0) is 22.1. The molecule has 0 unspecified atom stereocenters. The lowest BCUT2D eigenvalue weighted by atomic mass is 10.1. The number of nitrogens with one attached hydrogen (secondary N) is 1. The number of nitro groups is 1. The predicted molar refractivity (Wildman–Crippen MR) is 94.7 cm³/mol. The topological polar surface area (TPSA) is 129 Å². The summed E-state index contributed by atoms with van der Waals surface area (Å²) in [4.78, 5) is 38.3. The minimum Gasteiger partial charge on any atom is -0.452 e. The lowest BCUT2D eigenvalue weighted by Crippen LogP contribution is -2.22. The number of nitro benzene ring substituents is 1. The van der Waals surface area contributed by atoms with Crippen molar-refractivity contribution in [1.29, 1.82) is 0 Å². The van der Waals surface area contributed by atoms with Crippen LogP contribution in [-0.2, 0) is 15.7 Å². The number of rotatable bonds is 5. The van der Waals surface area contributed by atoms with Crippen molar-refractivity contribution in [2.75, 3.05) is 11.9 Å². The van der Waals surface area contributed by atoms with E-state index in [0.29, 0.717) is 17.8 Å². The fourth-order valence-electron chi connectivity index (χ4n) is 2.59. The zero-order valence-electron chi connectivity index (χ0n) is 15.1. The second kappa shape index (κ2) is 7.77. The number of amides is 1. The Morgan fingerprint density at radius 1 is 1.33 bits per heavy atom. The number of esters is 1. The number of nitrogens with zero attached hydrogens (tertiary/aromatic N) is 4. The SMILES string of the molecule is Cc1nn2cccnc2c1C(=O)OCC(=O)Nc1ccc(C(F)(F)F)cc1[N+](=O)[O-]. The molecule has 1 aromatic carbocycles. The molecule has 0 aliphatic rings. The first-order valence-electron chi connectivity index (χ1n) is 8.20. The molecule has 0 aliphatic heterocycles. The highest BCUT2D eigenvalue weighted by molar-refractivity contribution is 6.00. The normalized spacial score (nSPS) is 11.3. The van der Waals surface area contributed by atoms with Crippen molar-refractivity contribution in [1.82, 2.24) is 14.6 Å². The smallest absolute Gasteiger partial charge is 0.416 e. The minimum atomic E-state index is -4.79. The third-order valence-corrected chi connectivity index (χ3v) is 3.90. The monoisotopic (exact) mass is 423 g/mol. The van der Waals surface area contributed by atoms with Gasteiger partial charge in [0.2, 0.25) is 0 Å². The van der Waals surface area contributed by atoms with Crippen LogP contribution in [0.3, 0.4) is 0 Å². The van der Waals surface area contributed by atoms with Gasteiger partial charge in [0.05, 0.1) is 16.2 Å². The molecule has 0 saturated heterocycles. The van der Waals surface area contributed by atoms with Crippen molar-refractivity contribution in [3.05, 3.63) is 63.6 Å². The van der Waals surface area contributed by atoms with Gasteiger partial charge in [-0.05, 0) is 25.1 Å². The highest BCUT2D eigenvalue weighted by atomic mass is 19.4. The molecule has 0 radical (unpaired) electrons. The van der Waals surface area contributed by atoms with Crippen LogP contribution >= 0.6 is 0 Å². The number of anilines is 1.